The zero-order chi connectivity index (χ0) is 11.8. The molecule has 0 spiro atoms. The molecule has 2 aliphatic rings. The lowest BCUT2D eigenvalue weighted by Crippen LogP contribution is -2.30. The van der Waals surface area contributed by atoms with Crippen molar-refractivity contribution in [1.29, 1.82) is 5.26 Å². The number of benzene rings is 1. The minimum absolute atomic E-state index is 0.339. The van der Waals surface area contributed by atoms with Gasteiger partial charge < -0.3 is 4.90 Å². The van der Waals surface area contributed by atoms with Crippen LogP contribution in [0.25, 0.3) is 0 Å². The molecule has 86 valence electrons. The van der Waals surface area contributed by atoms with Crippen molar-refractivity contribution in [2.24, 2.45) is 11.8 Å². The van der Waals surface area contributed by atoms with E-state index in [0.29, 0.717) is 23.3 Å². The van der Waals surface area contributed by atoms with E-state index in [1.165, 1.54) is 0 Å². The second kappa shape index (κ2) is 3.89. The van der Waals surface area contributed by atoms with Gasteiger partial charge in [0.25, 0.3) is 0 Å². The lowest BCUT2D eigenvalue weighted by molar-refractivity contribution is -0.129. The molecule has 17 heavy (non-hydrogen) atoms. The molecule has 1 aromatic carbocycles. The lowest BCUT2D eigenvalue weighted by atomic mass is 10.1. The van der Waals surface area contributed by atoms with Gasteiger partial charge in [-0.1, -0.05) is 12.1 Å². The van der Waals surface area contributed by atoms with Gasteiger partial charge in [0.15, 0.2) is 0 Å². The molecule has 3 rings (SSSR count). The summed E-state index contributed by atoms with van der Waals surface area (Å²) in [7, 11) is 0. The van der Waals surface area contributed by atoms with Crippen molar-refractivity contribution in [2.75, 3.05) is 13.1 Å². The van der Waals surface area contributed by atoms with Gasteiger partial charge in [-0.05, 0) is 36.5 Å². The van der Waals surface area contributed by atoms with Crippen LogP contribution >= 0.6 is 0 Å². The number of piperidine rings is 1. The molecule has 1 aromatic rings. The van der Waals surface area contributed by atoms with Gasteiger partial charge in [-0.15, -0.1) is 0 Å². The fourth-order valence-electron chi connectivity index (χ4n) is 2.62. The number of nitrogens with zero attached hydrogens (tertiary/aromatic N) is 2. The molecule has 1 amide bonds. The van der Waals surface area contributed by atoms with Gasteiger partial charge in [-0.25, -0.2) is 0 Å². The molecule has 2 unspecified atom stereocenters. The van der Waals surface area contributed by atoms with Crippen molar-refractivity contribution >= 4 is 5.91 Å². The highest BCUT2D eigenvalue weighted by atomic mass is 16.2. The van der Waals surface area contributed by atoms with Crippen LogP contribution in [0.2, 0.25) is 0 Å². The zero-order valence-corrected chi connectivity index (χ0v) is 9.60. The summed E-state index contributed by atoms with van der Waals surface area (Å²) in [5, 5.41) is 8.81. The van der Waals surface area contributed by atoms with Crippen molar-refractivity contribution in [3.8, 4) is 6.07 Å². The first-order valence-electron chi connectivity index (χ1n) is 6.06. The maximum Gasteiger partial charge on any atom is 0.226 e. The summed E-state index contributed by atoms with van der Waals surface area (Å²) in [5.74, 6) is 1.33. The molecule has 1 heterocycles. The summed E-state index contributed by atoms with van der Waals surface area (Å²) in [4.78, 5) is 13.7. The van der Waals surface area contributed by atoms with Crippen LogP contribution in [-0.2, 0) is 11.2 Å². The molecular formula is C14H14N2O. The Hall–Kier alpha value is -1.82. The van der Waals surface area contributed by atoms with E-state index in [0.717, 1.165) is 31.5 Å². The van der Waals surface area contributed by atoms with Crippen LogP contribution in [0.15, 0.2) is 24.3 Å². The van der Waals surface area contributed by atoms with Crippen molar-refractivity contribution in [1.82, 2.24) is 4.90 Å². The fourth-order valence-corrected chi connectivity index (χ4v) is 2.62. The monoisotopic (exact) mass is 226 g/mol. The third-order valence-electron chi connectivity index (χ3n) is 3.73. The van der Waals surface area contributed by atoms with Crippen LogP contribution in [0.3, 0.4) is 0 Å². The number of nitriles is 1. The number of rotatable bonds is 3. The SMILES string of the molecule is N#Cc1cccc(CCN2CC3CC3C2=O)c1. The number of amides is 1. The summed E-state index contributed by atoms with van der Waals surface area (Å²) in [6.45, 7) is 1.74. The normalized spacial score (nSPS) is 25.6. The van der Waals surface area contributed by atoms with Crippen LogP contribution in [-0.4, -0.2) is 23.9 Å². The number of carbonyl (C=O) groups is 1. The predicted octanol–water partition coefficient (Wildman–Crippen LogP) is 1.58. The number of carbonyl (C=O) groups excluding carboxylic acids is 1. The molecule has 1 aliphatic heterocycles. The van der Waals surface area contributed by atoms with Gasteiger partial charge in [0.1, 0.15) is 0 Å². The van der Waals surface area contributed by atoms with Crippen LogP contribution < -0.4 is 0 Å². The minimum atomic E-state index is 0.339. The Bertz CT molecular complexity index is 503. The molecule has 0 aromatic heterocycles. The number of hydrogen-bond acceptors (Lipinski definition) is 2. The van der Waals surface area contributed by atoms with Gasteiger partial charge in [0.05, 0.1) is 11.6 Å². The highest BCUT2D eigenvalue weighted by Crippen LogP contribution is 2.45. The van der Waals surface area contributed by atoms with Crippen LogP contribution in [0.1, 0.15) is 17.5 Å². The van der Waals surface area contributed by atoms with Crippen LogP contribution in [0.4, 0.5) is 0 Å². The Kier molecular flexibility index (Phi) is 2.36. The first kappa shape index (κ1) is 10.3. The maximum absolute atomic E-state index is 11.8. The lowest BCUT2D eigenvalue weighted by Gasteiger charge is -2.17. The maximum atomic E-state index is 11.8. The summed E-state index contributed by atoms with van der Waals surface area (Å²) in [5.41, 5.74) is 1.83. The van der Waals surface area contributed by atoms with Gasteiger partial charge in [-0.2, -0.15) is 5.26 Å². The quantitative estimate of drug-likeness (QED) is 0.785. The summed E-state index contributed by atoms with van der Waals surface area (Å²) >= 11 is 0. The van der Waals surface area contributed by atoms with E-state index in [9.17, 15) is 4.79 Å². The second-order valence-corrected chi connectivity index (χ2v) is 4.95. The zero-order valence-electron chi connectivity index (χ0n) is 9.60. The Labute approximate surface area is 101 Å². The topological polar surface area (TPSA) is 44.1 Å². The van der Waals surface area contributed by atoms with E-state index in [2.05, 4.69) is 6.07 Å². The van der Waals surface area contributed by atoms with E-state index in [-0.39, 0.29) is 0 Å². The standard InChI is InChI=1S/C14H14N2O/c15-8-11-3-1-2-10(6-11)4-5-16-9-12-7-13(12)14(16)17/h1-3,6,12-13H,4-5,7,9H2. The number of hydrogen-bond donors (Lipinski definition) is 0. The van der Waals surface area contributed by atoms with Gasteiger partial charge in [0.2, 0.25) is 5.91 Å². The highest BCUT2D eigenvalue weighted by molar-refractivity contribution is 5.84. The average Bonchev–Trinajstić information content (AvgIpc) is 3.07. The molecular weight excluding hydrogens is 212 g/mol. The third-order valence-corrected chi connectivity index (χ3v) is 3.73. The van der Waals surface area contributed by atoms with Crippen LogP contribution in [0.5, 0.6) is 0 Å². The molecule has 2 atom stereocenters. The van der Waals surface area contributed by atoms with E-state index >= 15 is 0 Å². The Balaban J connectivity index is 1.60. The largest absolute Gasteiger partial charge is 0.342 e. The molecule has 3 heteroatoms. The predicted molar refractivity (Wildman–Crippen MR) is 63.0 cm³/mol. The smallest absolute Gasteiger partial charge is 0.226 e. The molecule has 0 bridgehead atoms. The number of fused-ring (bicyclic) bond motifs is 1. The van der Waals surface area contributed by atoms with Gasteiger partial charge in [0, 0.05) is 19.0 Å². The van der Waals surface area contributed by atoms with E-state index in [1.807, 2.05) is 23.1 Å². The van der Waals surface area contributed by atoms with Crippen molar-refractivity contribution in [2.45, 2.75) is 12.8 Å². The molecule has 3 nitrogen and oxygen atoms in total. The molecule has 0 N–H and O–H groups in total. The molecule has 0 radical (unpaired) electrons. The molecule has 2 fully saturated rings. The van der Waals surface area contributed by atoms with Crippen molar-refractivity contribution < 1.29 is 4.79 Å². The molecule has 1 saturated heterocycles. The Morgan fingerprint density at radius 3 is 3.06 bits per heavy atom. The van der Waals surface area contributed by atoms with Crippen molar-refractivity contribution in [3.05, 3.63) is 35.4 Å². The average molecular weight is 226 g/mol. The van der Waals surface area contributed by atoms with E-state index < -0.39 is 0 Å². The molecule has 1 saturated carbocycles. The van der Waals surface area contributed by atoms with Crippen molar-refractivity contribution in [3.63, 3.8) is 0 Å². The Morgan fingerprint density at radius 1 is 1.47 bits per heavy atom. The van der Waals surface area contributed by atoms with Crippen LogP contribution in [0, 0.1) is 23.2 Å². The van der Waals surface area contributed by atoms with Gasteiger partial charge >= 0.3 is 0 Å². The fraction of sp³-hybridized carbons (Fsp3) is 0.429. The minimum Gasteiger partial charge on any atom is -0.342 e. The van der Waals surface area contributed by atoms with E-state index in [1.54, 1.807) is 6.07 Å². The first-order chi connectivity index (χ1) is 8.28. The molecule has 1 aliphatic carbocycles. The van der Waals surface area contributed by atoms with E-state index in [4.69, 9.17) is 5.26 Å². The Morgan fingerprint density at radius 2 is 2.35 bits per heavy atom. The summed E-state index contributed by atoms with van der Waals surface area (Å²) < 4.78 is 0. The summed E-state index contributed by atoms with van der Waals surface area (Å²) in [6, 6.07) is 9.76. The van der Waals surface area contributed by atoms with Gasteiger partial charge in [-0.3, -0.25) is 4.79 Å². The second-order valence-electron chi connectivity index (χ2n) is 4.95. The summed E-state index contributed by atoms with van der Waals surface area (Å²) in [6.07, 6.45) is 1.96. The first-order valence-corrected chi connectivity index (χ1v) is 6.06. The number of likely N-dealkylation sites (tertiary alicyclic amines) is 1. The highest BCUT2D eigenvalue weighted by Gasteiger charge is 2.51. The third kappa shape index (κ3) is 1.91.